The Morgan fingerprint density at radius 3 is 1.29 bits per heavy atom. The minimum atomic E-state index is -3.65. The molecule has 10 heteroatoms. The fourth-order valence-corrected chi connectivity index (χ4v) is 4.13. The summed E-state index contributed by atoms with van der Waals surface area (Å²) >= 11 is 0. The Morgan fingerprint density at radius 2 is 0.971 bits per heavy atom. The first-order chi connectivity index (χ1) is 16.2. The molecule has 2 rings (SSSR count). The summed E-state index contributed by atoms with van der Waals surface area (Å²) in [5, 5.41) is 2.06. The molecule has 0 saturated carbocycles. The van der Waals surface area contributed by atoms with Crippen molar-refractivity contribution in [1.82, 2.24) is 0 Å². The largest absolute Gasteiger partial charge is 0.494 e. The normalized spacial score (nSPS) is 12.4. The molecular weight excluding hydrogens is 480 g/mol. The van der Waals surface area contributed by atoms with Crippen LogP contribution in [0.15, 0.2) is 59.3 Å². The van der Waals surface area contributed by atoms with Gasteiger partial charge in [-0.3, -0.25) is 8.37 Å². The van der Waals surface area contributed by atoms with E-state index >= 15 is 0 Å². The summed E-state index contributed by atoms with van der Waals surface area (Å²) in [4.78, 5) is 0. The summed E-state index contributed by atoms with van der Waals surface area (Å²) in [6.07, 6.45) is 4.53. The van der Waals surface area contributed by atoms with Crippen molar-refractivity contribution in [3.8, 4) is 11.5 Å². The molecule has 0 fully saturated rings. The van der Waals surface area contributed by atoms with E-state index in [1.54, 1.807) is 62.4 Å². The summed E-state index contributed by atoms with van der Waals surface area (Å²) in [7, 11) is -7.30. The third-order valence-electron chi connectivity index (χ3n) is 4.25. The van der Waals surface area contributed by atoms with Gasteiger partial charge in [-0.05, 0) is 74.2 Å². The summed E-state index contributed by atoms with van der Waals surface area (Å²) in [6, 6.07) is 14.2. The zero-order valence-corrected chi connectivity index (χ0v) is 20.9. The second-order valence-electron chi connectivity index (χ2n) is 6.95. The van der Waals surface area contributed by atoms with Crippen molar-refractivity contribution in [3.05, 3.63) is 70.5 Å². The molecule has 0 saturated heterocycles. The Hall–Kier alpha value is -2.66. The van der Waals surface area contributed by atoms with Gasteiger partial charge in [-0.15, -0.1) is 0 Å². The Balaban J connectivity index is 1.67. The summed E-state index contributed by atoms with van der Waals surface area (Å²) in [6.45, 7) is 4.46. The van der Waals surface area contributed by atoms with Crippen LogP contribution in [0.2, 0.25) is 0 Å². The summed E-state index contributed by atoms with van der Waals surface area (Å²) in [5.41, 5.74) is 1.45. The Bertz CT molecular complexity index is 1040. The van der Waals surface area contributed by atoms with E-state index in [4.69, 9.17) is 9.47 Å². The van der Waals surface area contributed by atoms with Crippen LogP contribution >= 0.6 is 0 Å². The smallest absolute Gasteiger partial charge is 0.290 e. The molecule has 0 aromatic heterocycles. The second-order valence-corrected chi connectivity index (χ2v) is 9.93. The molecule has 186 valence electrons. The zero-order valence-electron chi connectivity index (χ0n) is 19.3. The number of ether oxygens (including phenoxy) is 2. The fraction of sp³-hybridized carbons (Fsp3) is 0.333. The molecule has 0 bridgehead atoms. The molecule has 0 heterocycles. The summed E-state index contributed by atoms with van der Waals surface area (Å²) < 4.78 is 66.7. The minimum absolute atomic E-state index is 0.0952. The molecule has 2 aromatic carbocycles. The van der Waals surface area contributed by atoms with E-state index in [1.807, 2.05) is 0 Å². The van der Waals surface area contributed by atoms with E-state index in [0.717, 1.165) is 34.8 Å². The number of unbranched alkanes of at least 4 members (excludes halogenated alkanes) is 1. The predicted molar refractivity (Wildman–Crippen MR) is 132 cm³/mol. The maximum Gasteiger partial charge on any atom is 0.290 e. The molecule has 0 aliphatic carbocycles. The van der Waals surface area contributed by atoms with E-state index in [-0.39, 0.29) is 13.2 Å². The van der Waals surface area contributed by atoms with Crippen molar-refractivity contribution in [2.45, 2.75) is 26.7 Å². The lowest BCUT2D eigenvalue weighted by Crippen LogP contribution is -2.02. The van der Waals surface area contributed by atoms with Crippen LogP contribution < -0.4 is 9.47 Å². The molecule has 8 nitrogen and oxygen atoms in total. The fourth-order valence-electron chi connectivity index (χ4n) is 2.67. The van der Waals surface area contributed by atoms with Crippen molar-refractivity contribution in [2.24, 2.45) is 0 Å². The van der Waals surface area contributed by atoms with Crippen LogP contribution in [0.3, 0.4) is 0 Å². The van der Waals surface area contributed by atoms with Gasteiger partial charge in [0.15, 0.2) is 0 Å². The van der Waals surface area contributed by atoms with E-state index in [0.29, 0.717) is 24.7 Å². The highest BCUT2D eigenvalue weighted by atomic mass is 32.2. The quantitative estimate of drug-likeness (QED) is 0.253. The second kappa shape index (κ2) is 13.9. The van der Waals surface area contributed by atoms with E-state index in [1.165, 1.54) is 12.2 Å². The van der Waals surface area contributed by atoms with Gasteiger partial charge < -0.3 is 9.47 Å². The van der Waals surface area contributed by atoms with Crippen LogP contribution in [-0.2, 0) is 28.6 Å². The molecule has 0 aliphatic heterocycles. The van der Waals surface area contributed by atoms with Gasteiger partial charge in [0.25, 0.3) is 20.2 Å². The molecular formula is C24H30O8S2. The van der Waals surface area contributed by atoms with Crippen LogP contribution in [0.4, 0.5) is 0 Å². The molecule has 0 amide bonds. The maximum atomic E-state index is 11.5. The monoisotopic (exact) mass is 510 g/mol. The first-order valence-corrected chi connectivity index (χ1v) is 13.8. The summed E-state index contributed by atoms with van der Waals surface area (Å²) in [5.74, 6) is 1.39. The molecule has 2 aromatic rings. The minimum Gasteiger partial charge on any atom is -0.494 e. The highest BCUT2D eigenvalue weighted by molar-refractivity contribution is 7.90. The van der Waals surface area contributed by atoms with E-state index in [2.05, 4.69) is 8.37 Å². The van der Waals surface area contributed by atoms with Crippen LogP contribution in [-0.4, -0.2) is 43.3 Å². The van der Waals surface area contributed by atoms with Gasteiger partial charge >= 0.3 is 0 Å². The van der Waals surface area contributed by atoms with Crippen molar-refractivity contribution in [3.63, 3.8) is 0 Å². The highest BCUT2D eigenvalue weighted by Crippen LogP contribution is 2.16. The first-order valence-electron chi connectivity index (χ1n) is 10.8. The van der Waals surface area contributed by atoms with Gasteiger partial charge in [-0.25, -0.2) is 0 Å². The van der Waals surface area contributed by atoms with Crippen LogP contribution in [0.25, 0.3) is 12.2 Å². The van der Waals surface area contributed by atoms with Crippen LogP contribution in [0, 0.1) is 0 Å². The third kappa shape index (κ3) is 11.0. The molecule has 0 radical (unpaired) electrons. The van der Waals surface area contributed by atoms with Crippen molar-refractivity contribution in [1.29, 1.82) is 0 Å². The van der Waals surface area contributed by atoms with E-state index in [9.17, 15) is 16.8 Å². The number of benzene rings is 2. The van der Waals surface area contributed by atoms with Crippen molar-refractivity contribution >= 4 is 32.4 Å². The standard InChI is InChI=1S/C24H30O8S2/c1-3-31-33(25,26)19-15-21-7-11-23(12-8-21)29-17-5-6-18-30-24-13-9-22(10-14-24)16-20-34(27,28)32-4-2/h7-16,19-20H,3-6,17-18H2,1-2H3/b19-15+,20-16+. The van der Waals surface area contributed by atoms with Gasteiger partial charge in [0.2, 0.25) is 0 Å². The molecule has 0 aliphatic rings. The van der Waals surface area contributed by atoms with Gasteiger partial charge in [0.05, 0.1) is 37.2 Å². The Morgan fingerprint density at radius 1 is 0.618 bits per heavy atom. The van der Waals surface area contributed by atoms with Gasteiger partial charge in [-0.2, -0.15) is 16.8 Å². The SMILES string of the molecule is CCOS(=O)(=O)/C=C/c1ccc(OCCCCOc2ccc(/C=C/S(=O)(=O)OCC)cc2)cc1. The lowest BCUT2D eigenvalue weighted by Gasteiger charge is -2.08. The van der Waals surface area contributed by atoms with Crippen molar-refractivity contribution in [2.75, 3.05) is 26.4 Å². The maximum absolute atomic E-state index is 11.5. The Labute approximate surface area is 202 Å². The molecule has 0 atom stereocenters. The van der Waals surface area contributed by atoms with Crippen LogP contribution in [0.1, 0.15) is 37.8 Å². The molecule has 34 heavy (non-hydrogen) atoms. The topological polar surface area (TPSA) is 105 Å². The van der Waals surface area contributed by atoms with Gasteiger partial charge in [0.1, 0.15) is 11.5 Å². The zero-order chi connectivity index (χ0) is 24.9. The Kier molecular flexibility index (Phi) is 11.3. The average Bonchev–Trinajstić information content (AvgIpc) is 2.80. The van der Waals surface area contributed by atoms with E-state index < -0.39 is 20.2 Å². The highest BCUT2D eigenvalue weighted by Gasteiger charge is 2.04. The van der Waals surface area contributed by atoms with Crippen molar-refractivity contribution < 1.29 is 34.7 Å². The lowest BCUT2D eigenvalue weighted by molar-refractivity contribution is 0.266. The molecule has 0 unspecified atom stereocenters. The number of hydrogen-bond acceptors (Lipinski definition) is 8. The molecule has 0 N–H and O–H groups in total. The predicted octanol–water partition coefficient (Wildman–Crippen LogP) is 4.60. The third-order valence-corrected chi connectivity index (χ3v) is 6.32. The lowest BCUT2D eigenvalue weighted by atomic mass is 10.2. The van der Waals surface area contributed by atoms with Gasteiger partial charge in [-0.1, -0.05) is 24.3 Å². The van der Waals surface area contributed by atoms with Gasteiger partial charge in [0, 0.05) is 0 Å². The number of hydrogen-bond donors (Lipinski definition) is 0. The average molecular weight is 511 g/mol. The first kappa shape index (κ1) is 27.6. The van der Waals surface area contributed by atoms with Crippen LogP contribution in [0.5, 0.6) is 11.5 Å². The number of rotatable bonds is 15. The molecule has 0 spiro atoms.